The van der Waals surface area contributed by atoms with Gasteiger partial charge in [0.2, 0.25) is 10.0 Å². The van der Waals surface area contributed by atoms with Crippen LogP contribution in [0.5, 0.6) is 0 Å². The van der Waals surface area contributed by atoms with Gasteiger partial charge in [-0.25, -0.2) is 12.8 Å². The zero-order valence-electron chi connectivity index (χ0n) is 11.3. The van der Waals surface area contributed by atoms with E-state index in [-0.39, 0.29) is 18.0 Å². The number of methoxy groups -OCH3 is 1. The van der Waals surface area contributed by atoms with Crippen LogP contribution in [0.2, 0.25) is 0 Å². The summed E-state index contributed by atoms with van der Waals surface area (Å²) in [6, 6.07) is 3.45. The minimum atomic E-state index is -3.90. The molecule has 0 radical (unpaired) electrons. The van der Waals surface area contributed by atoms with Crippen LogP contribution in [0.1, 0.15) is 12.5 Å². The number of nitrogens with zero attached hydrogens (tertiary/aromatic N) is 1. The fourth-order valence-electron chi connectivity index (χ4n) is 1.61. The fourth-order valence-corrected chi connectivity index (χ4v) is 3.07. The molecule has 0 aliphatic rings. The van der Waals surface area contributed by atoms with Crippen molar-refractivity contribution in [2.24, 2.45) is 5.73 Å². The van der Waals surface area contributed by atoms with Crippen molar-refractivity contribution in [2.75, 3.05) is 20.8 Å². The lowest BCUT2D eigenvalue weighted by Crippen LogP contribution is -2.38. The molecule has 0 aliphatic carbocycles. The van der Waals surface area contributed by atoms with Crippen molar-refractivity contribution in [3.63, 3.8) is 0 Å². The minimum absolute atomic E-state index is 0.153. The third-order valence-corrected chi connectivity index (χ3v) is 4.90. The number of hydrogen-bond acceptors (Lipinski definition) is 4. The van der Waals surface area contributed by atoms with Gasteiger partial charge in [-0.2, -0.15) is 4.31 Å². The first-order valence-corrected chi connectivity index (χ1v) is 7.24. The summed E-state index contributed by atoms with van der Waals surface area (Å²) in [5, 5.41) is 0. The number of nitrogens with two attached hydrogens (primary N) is 1. The van der Waals surface area contributed by atoms with Crippen LogP contribution in [-0.2, 0) is 21.3 Å². The molecule has 0 saturated carbocycles. The van der Waals surface area contributed by atoms with Crippen molar-refractivity contribution in [1.29, 1.82) is 0 Å². The number of sulfonamides is 1. The van der Waals surface area contributed by atoms with E-state index in [1.54, 1.807) is 6.92 Å². The molecular weight excluding hydrogens is 271 g/mol. The van der Waals surface area contributed by atoms with Crippen molar-refractivity contribution >= 4 is 10.0 Å². The second-order valence-electron chi connectivity index (χ2n) is 4.29. The number of rotatable bonds is 6. The first kappa shape index (κ1) is 16.0. The zero-order chi connectivity index (χ0) is 14.6. The molecule has 1 aromatic rings. The van der Waals surface area contributed by atoms with Crippen molar-refractivity contribution in [1.82, 2.24) is 4.31 Å². The van der Waals surface area contributed by atoms with E-state index in [1.807, 2.05) is 0 Å². The molecule has 0 fully saturated rings. The summed E-state index contributed by atoms with van der Waals surface area (Å²) in [7, 11) is -1.03. The number of halogens is 1. The highest BCUT2D eigenvalue weighted by Crippen LogP contribution is 2.21. The Hall–Kier alpha value is -1.02. The predicted octanol–water partition coefficient (Wildman–Crippen LogP) is 0.940. The van der Waals surface area contributed by atoms with Crippen LogP contribution in [0.15, 0.2) is 23.1 Å². The van der Waals surface area contributed by atoms with Gasteiger partial charge < -0.3 is 10.5 Å². The second kappa shape index (κ2) is 6.42. The van der Waals surface area contributed by atoms with E-state index in [9.17, 15) is 12.8 Å². The molecule has 0 aliphatic heterocycles. The standard InChI is InChI=1S/C12H19FN2O3S/c1-9(8-18-3)15(2)19(16,17)12-6-10(7-14)4-5-11(12)13/h4-6,9H,7-8,14H2,1-3H3. The molecule has 0 saturated heterocycles. The number of ether oxygens (including phenoxy) is 1. The summed E-state index contributed by atoms with van der Waals surface area (Å²) in [6.07, 6.45) is 0. The lowest BCUT2D eigenvalue weighted by molar-refractivity contribution is 0.149. The summed E-state index contributed by atoms with van der Waals surface area (Å²) >= 11 is 0. The molecule has 7 heteroatoms. The summed E-state index contributed by atoms with van der Waals surface area (Å²) in [6.45, 7) is 2.07. The Bertz CT molecular complexity index is 534. The highest BCUT2D eigenvalue weighted by Gasteiger charge is 2.28. The molecule has 0 spiro atoms. The summed E-state index contributed by atoms with van der Waals surface area (Å²) in [4.78, 5) is -0.360. The molecule has 1 unspecified atom stereocenters. The minimum Gasteiger partial charge on any atom is -0.383 e. The van der Waals surface area contributed by atoms with Crippen LogP contribution >= 0.6 is 0 Å². The van der Waals surface area contributed by atoms with Gasteiger partial charge in [0.05, 0.1) is 6.61 Å². The van der Waals surface area contributed by atoms with Crippen molar-refractivity contribution < 1.29 is 17.5 Å². The number of benzene rings is 1. The van der Waals surface area contributed by atoms with Gasteiger partial charge in [0.15, 0.2) is 0 Å². The second-order valence-corrected chi connectivity index (χ2v) is 6.26. The quantitative estimate of drug-likeness (QED) is 0.846. The van der Waals surface area contributed by atoms with E-state index in [4.69, 9.17) is 10.5 Å². The zero-order valence-corrected chi connectivity index (χ0v) is 12.1. The van der Waals surface area contributed by atoms with Crippen LogP contribution < -0.4 is 5.73 Å². The first-order chi connectivity index (χ1) is 8.84. The van der Waals surface area contributed by atoms with Gasteiger partial charge in [-0.3, -0.25) is 0 Å². The summed E-state index contributed by atoms with van der Waals surface area (Å²) in [5.41, 5.74) is 6.01. The maximum atomic E-state index is 13.7. The normalized spacial score (nSPS) is 13.8. The van der Waals surface area contributed by atoms with E-state index >= 15 is 0 Å². The SMILES string of the molecule is COCC(C)N(C)S(=O)(=O)c1cc(CN)ccc1F. The molecule has 0 aromatic heterocycles. The third-order valence-electron chi connectivity index (χ3n) is 2.92. The average molecular weight is 290 g/mol. The molecule has 0 amide bonds. The molecule has 1 atom stereocenters. The highest BCUT2D eigenvalue weighted by atomic mass is 32.2. The van der Waals surface area contributed by atoms with Crippen LogP contribution in [0.3, 0.4) is 0 Å². The molecule has 0 heterocycles. The van der Waals surface area contributed by atoms with Gasteiger partial charge in [0, 0.05) is 26.7 Å². The Morgan fingerprint density at radius 1 is 1.47 bits per heavy atom. The van der Waals surface area contributed by atoms with Crippen molar-refractivity contribution in [3.05, 3.63) is 29.6 Å². The van der Waals surface area contributed by atoms with Crippen LogP contribution in [0.25, 0.3) is 0 Å². The molecule has 108 valence electrons. The van der Waals surface area contributed by atoms with E-state index in [1.165, 1.54) is 26.3 Å². The Kier molecular flexibility index (Phi) is 5.42. The molecule has 5 nitrogen and oxygen atoms in total. The third kappa shape index (κ3) is 3.50. The van der Waals surface area contributed by atoms with Gasteiger partial charge in [0.25, 0.3) is 0 Å². The van der Waals surface area contributed by atoms with Gasteiger partial charge >= 0.3 is 0 Å². The summed E-state index contributed by atoms with van der Waals surface area (Å²) in [5.74, 6) is -0.784. The maximum absolute atomic E-state index is 13.7. The lowest BCUT2D eigenvalue weighted by Gasteiger charge is -2.24. The average Bonchev–Trinajstić information content (AvgIpc) is 2.38. The topological polar surface area (TPSA) is 72.6 Å². The van der Waals surface area contributed by atoms with E-state index in [0.29, 0.717) is 5.56 Å². The largest absolute Gasteiger partial charge is 0.383 e. The predicted molar refractivity (Wildman–Crippen MR) is 70.6 cm³/mol. The van der Waals surface area contributed by atoms with Gasteiger partial charge in [-0.15, -0.1) is 0 Å². The smallest absolute Gasteiger partial charge is 0.246 e. The maximum Gasteiger partial charge on any atom is 0.246 e. The monoisotopic (exact) mass is 290 g/mol. The fraction of sp³-hybridized carbons (Fsp3) is 0.500. The van der Waals surface area contributed by atoms with Crippen molar-refractivity contribution in [3.8, 4) is 0 Å². The molecule has 0 bridgehead atoms. The molecule has 1 rings (SSSR count). The Morgan fingerprint density at radius 2 is 2.11 bits per heavy atom. The van der Waals surface area contributed by atoms with Crippen molar-refractivity contribution in [2.45, 2.75) is 24.4 Å². The Labute approximate surface area is 113 Å². The van der Waals surface area contributed by atoms with E-state index in [0.717, 1.165) is 10.4 Å². The number of likely N-dealkylation sites (N-methyl/N-ethyl adjacent to an activating group) is 1. The lowest BCUT2D eigenvalue weighted by atomic mass is 10.2. The van der Waals surface area contributed by atoms with Crippen LogP contribution in [0, 0.1) is 5.82 Å². The number of hydrogen-bond donors (Lipinski definition) is 1. The van der Waals surface area contributed by atoms with Gasteiger partial charge in [0.1, 0.15) is 10.7 Å². The molecule has 1 aromatic carbocycles. The van der Waals surface area contributed by atoms with Gasteiger partial charge in [-0.1, -0.05) is 6.07 Å². The first-order valence-electron chi connectivity index (χ1n) is 5.80. The molecule has 2 N–H and O–H groups in total. The highest BCUT2D eigenvalue weighted by molar-refractivity contribution is 7.89. The Balaban J connectivity index is 3.19. The van der Waals surface area contributed by atoms with E-state index in [2.05, 4.69) is 0 Å². The van der Waals surface area contributed by atoms with Crippen LogP contribution in [0.4, 0.5) is 4.39 Å². The van der Waals surface area contributed by atoms with Crippen LogP contribution in [-0.4, -0.2) is 39.5 Å². The summed E-state index contributed by atoms with van der Waals surface area (Å²) < 4.78 is 44.4. The Morgan fingerprint density at radius 3 is 2.63 bits per heavy atom. The van der Waals surface area contributed by atoms with Gasteiger partial charge in [-0.05, 0) is 24.6 Å². The molecular formula is C12H19FN2O3S. The van der Waals surface area contributed by atoms with E-state index < -0.39 is 21.9 Å². The molecule has 19 heavy (non-hydrogen) atoms.